The van der Waals surface area contributed by atoms with Crippen molar-refractivity contribution in [2.75, 3.05) is 5.32 Å². The molecule has 0 aliphatic rings. The highest BCUT2D eigenvalue weighted by Crippen LogP contribution is 2.19. The third-order valence-electron chi connectivity index (χ3n) is 3.67. The minimum absolute atomic E-state index is 0.0977. The van der Waals surface area contributed by atoms with Crippen LogP contribution < -0.4 is 5.32 Å². The lowest BCUT2D eigenvalue weighted by atomic mass is 10.1. The van der Waals surface area contributed by atoms with Gasteiger partial charge in [-0.05, 0) is 36.2 Å². The second-order valence-electron chi connectivity index (χ2n) is 5.29. The van der Waals surface area contributed by atoms with Gasteiger partial charge in [-0.2, -0.15) is 0 Å². The molecule has 0 unspecified atom stereocenters. The molecular weight excluding hydrogens is 292 g/mol. The van der Waals surface area contributed by atoms with Gasteiger partial charge in [-0.3, -0.25) is 9.59 Å². The van der Waals surface area contributed by atoms with E-state index in [1.54, 1.807) is 24.4 Å². The van der Waals surface area contributed by atoms with Gasteiger partial charge in [-0.25, -0.2) is 0 Å². The SMILES string of the molecule is O=C(O)CCc1ccc(NC(=O)c2cccc3cc[nH]c23)cc1. The maximum absolute atomic E-state index is 12.4. The monoisotopic (exact) mass is 308 g/mol. The van der Waals surface area contributed by atoms with E-state index < -0.39 is 5.97 Å². The van der Waals surface area contributed by atoms with Crippen molar-refractivity contribution in [2.45, 2.75) is 12.8 Å². The van der Waals surface area contributed by atoms with E-state index in [9.17, 15) is 9.59 Å². The van der Waals surface area contributed by atoms with Crippen molar-refractivity contribution in [2.24, 2.45) is 0 Å². The molecule has 0 aliphatic carbocycles. The van der Waals surface area contributed by atoms with Crippen LogP contribution in [0, 0.1) is 0 Å². The number of carboxylic acid groups (broad SMARTS) is 1. The Kier molecular flexibility index (Phi) is 4.10. The lowest BCUT2D eigenvalue weighted by Gasteiger charge is -2.07. The summed E-state index contributed by atoms with van der Waals surface area (Å²) >= 11 is 0. The van der Waals surface area contributed by atoms with E-state index in [-0.39, 0.29) is 12.3 Å². The number of aliphatic carboxylic acids is 1. The lowest BCUT2D eigenvalue weighted by Crippen LogP contribution is -2.12. The Morgan fingerprint density at radius 1 is 1.04 bits per heavy atom. The van der Waals surface area contributed by atoms with Gasteiger partial charge >= 0.3 is 5.97 Å². The van der Waals surface area contributed by atoms with Crippen LogP contribution in [0.2, 0.25) is 0 Å². The number of rotatable bonds is 5. The molecule has 0 bridgehead atoms. The van der Waals surface area contributed by atoms with E-state index in [4.69, 9.17) is 5.11 Å². The zero-order chi connectivity index (χ0) is 16.2. The quantitative estimate of drug-likeness (QED) is 0.675. The first-order valence-corrected chi connectivity index (χ1v) is 7.32. The average Bonchev–Trinajstić information content (AvgIpc) is 3.02. The van der Waals surface area contributed by atoms with Gasteiger partial charge in [0.05, 0.1) is 11.1 Å². The molecule has 0 saturated carbocycles. The van der Waals surface area contributed by atoms with Crippen molar-refractivity contribution < 1.29 is 14.7 Å². The molecule has 1 heterocycles. The maximum atomic E-state index is 12.4. The van der Waals surface area contributed by atoms with Gasteiger partial charge in [0.15, 0.2) is 0 Å². The van der Waals surface area contributed by atoms with Gasteiger partial charge in [-0.1, -0.05) is 24.3 Å². The van der Waals surface area contributed by atoms with Crippen molar-refractivity contribution in [3.63, 3.8) is 0 Å². The number of hydrogen-bond donors (Lipinski definition) is 3. The summed E-state index contributed by atoms with van der Waals surface area (Å²) in [5.74, 6) is -1.00. The summed E-state index contributed by atoms with van der Waals surface area (Å²) in [7, 11) is 0. The van der Waals surface area contributed by atoms with Crippen LogP contribution in [0.3, 0.4) is 0 Å². The number of H-pyrrole nitrogens is 1. The fourth-order valence-electron chi connectivity index (χ4n) is 2.48. The number of carbonyl (C=O) groups is 2. The highest BCUT2D eigenvalue weighted by molar-refractivity contribution is 6.11. The molecular formula is C18H16N2O3. The predicted octanol–water partition coefficient (Wildman–Crippen LogP) is 3.44. The summed E-state index contributed by atoms with van der Waals surface area (Å²) < 4.78 is 0. The van der Waals surface area contributed by atoms with E-state index in [0.29, 0.717) is 17.7 Å². The van der Waals surface area contributed by atoms with Crippen LogP contribution in [0.25, 0.3) is 10.9 Å². The first-order chi connectivity index (χ1) is 11.1. The van der Waals surface area contributed by atoms with E-state index in [2.05, 4.69) is 10.3 Å². The molecule has 0 atom stereocenters. The molecule has 3 N–H and O–H groups in total. The number of aromatic amines is 1. The molecule has 0 aliphatic heterocycles. The van der Waals surface area contributed by atoms with Crippen LogP contribution in [0.1, 0.15) is 22.3 Å². The summed E-state index contributed by atoms with van der Waals surface area (Å²) in [5.41, 5.74) is 3.00. The number of anilines is 1. The topological polar surface area (TPSA) is 82.2 Å². The molecule has 0 saturated heterocycles. The van der Waals surface area contributed by atoms with Crippen molar-refractivity contribution >= 4 is 28.5 Å². The number of nitrogens with one attached hydrogen (secondary N) is 2. The lowest BCUT2D eigenvalue weighted by molar-refractivity contribution is -0.136. The van der Waals surface area contributed by atoms with Crippen molar-refractivity contribution in [1.29, 1.82) is 0 Å². The van der Waals surface area contributed by atoms with Gasteiger partial charge in [0.25, 0.3) is 5.91 Å². The van der Waals surface area contributed by atoms with Crippen LogP contribution in [-0.2, 0) is 11.2 Å². The molecule has 0 radical (unpaired) electrons. The van der Waals surface area contributed by atoms with E-state index in [1.165, 1.54) is 0 Å². The zero-order valence-electron chi connectivity index (χ0n) is 12.4. The number of fused-ring (bicyclic) bond motifs is 1. The number of aryl methyl sites for hydroxylation is 1. The Balaban J connectivity index is 1.73. The molecule has 1 aromatic heterocycles. The minimum Gasteiger partial charge on any atom is -0.481 e. The highest BCUT2D eigenvalue weighted by atomic mass is 16.4. The van der Waals surface area contributed by atoms with Gasteiger partial charge in [-0.15, -0.1) is 0 Å². The summed E-state index contributed by atoms with van der Waals surface area (Å²) in [4.78, 5) is 26.1. The number of amides is 1. The summed E-state index contributed by atoms with van der Waals surface area (Å²) in [6, 6.07) is 14.7. The molecule has 5 nitrogen and oxygen atoms in total. The second kappa shape index (κ2) is 6.36. The van der Waals surface area contributed by atoms with E-state index in [1.807, 2.05) is 30.3 Å². The Bertz CT molecular complexity index is 850. The van der Waals surface area contributed by atoms with Gasteiger partial charge in [0.1, 0.15) is 0 Å². The number of carbonyl (C=O) groups excluding carboxylic acids is 1. The smallest absolute Gasteiger partial charge is 0.303 e. The van der Waals surface area contributed by atoms with Crippen molar-refractivity contribution in [3.8, 4) is 0 Å². The number of hydrogen-bond acceptors (Lipinski definition) is 2. The Labute approximate surface area is 133 Å². The number of carboxylic acids is 1. The second-order valence-corrected chi connectivity index (χ2v) is 5.29. The Morgan fingerprint density at radius 3 is 2.57 bits per heavy atom. The maximum Gasteiger partial charge on any atom is 0.303 e. The molecule has 5 heteroatoms. The highest BCUT2D eigenvalue weighted by Gasteiger charge is 2.11. The summed E-state index contributed by atoms with van der Waals surface area (Å²) in [6.07, 6.45) is 2.38. The van der Waals surface area contributed by atoms with Crippen molar-refractivity contribution in [3.05, 3.63) is 65.9 Å². The first kappa shape index (κ1) is 14.8. The predicted molar refractivity (Wildman–Crippen MR) is 88.7 cm³/mol. The average molecular weight is 308 g/mol. The molecule has 0 fully saturated rings. The molecule has 2 aromatic carbocycles. The van der Waals surface area contributed by atoms with Crippen LogP contribution in [-0.4, -0.2) is 22.0 Å². The standard InChI is InChI=1S/C18H16N2O3/c21-16(22)9-6-12-4-7-14(8-5-12)20-18(23)15-3-1-2-13-10-11-19-17(13)15/h1-5,7-8,10-11,19H,6,9H2,(H,20,23)(H,21,22). The van der Waals surface area contributed by atoms with E-state index in [0.717, 1.165) is 16.5 Å². The number of para-hydroxylation sites is 1. The molecule has 116 valence electrons. The number of aromatic nitrogens is 1. The molecule has 3 aromatic rings. The normalized spacial score (nSPS) is 10.6. The minimum atomic E-state index is -0.818. The number of benzene rings is 2. The third kappa shape index (κ3) is 3.40. The Hall–Kier alpha value is -3.08. The van der Waals surface area contributed by atoms with Crippen LogP contribution in [0.4, 0.5) is 5.69 Å². The van der Waals surface area contributed by atoms with Crippen LogP contribution in [0.15, 0.2) is 54.7 Å². The summed E-state index contributed by atoms with van der Waals surface area (Å²) in [6.45, 7) is 0. The van der Waals surface area contributed by atoms with Gasteiger partial charge in [0, 0.05) is 23.7 Å². The third-order valence-corrected chi connectivity index (χ3v) is 3.67. The Morgan fingerprint density at radius 2 is 1.83 bits per heavy atom. The van der Waals surface area contributed by atoms with Crippen molar-refractivity contribution in [1.82, 2.24) is 4.98 Å². The fourth-order valence-corrected chi connectivity index (χ4v) is 2.48. The summed E-state index contributed by atoms with van der Waals surface area (Å²) in [5, 5.41) is 12.5. The molecule has 0 spiro atoms. The molecule has 1 amide bonds. The van der Waals surface area contributed by atoms with Gasteiger partial charge < -0.3 is 15.4 Å². The zero-order valence-corrected chi connectivity index (χ0v) is 12.4. The van der Waals surface area contributed by atoms with Crippen LogP contribution >= 0.6 is 0 Å². The largest absolute Gasteiger partial charge is 0.481 e. The van der Waals surface area contributed by atoms with E-state index >= 15 is 0 Å². The molecule has 3 rings (SSSR count). The first-order valence-electron chi connectivity index (χ1n) is 7.32. The van der Waals surface area contributed by atoms with Gasteiger partial charge in [0.2, 0.25) is 0 Å². The van der Waals surface area contributed by atoms with Crippen LogP contribution in [0.5, 0.6) is 0 Å². The fraction of sp³-hybridized carbons (Fsp3) is 0.111. The molecule has 23 heavy (non-hydrogen) atoms.